The molecule has 4 atom stereocenters. The predicted molar refractivity (Wildman–Crippen MR) is 138 cm³/mol. The molecule has 1 saturated heterocycles. The van der Waals surface area contributed by atoms with Crippen LogP contribution in [0.4, 0.5) is 10.5 Å². The molecule has 37 heavy (non-hydrogen) atoms. The van der Waals surface area contributed by atoms with Gasteiger partial charge < -0.3 is 19.1 Å². The number of carbonyl (C=O) groups is 2. The second-order valence-corrected chi connectivity index (χ2v) is 10.8. The lowest BCUT2D eigenvalue weighted by atomic mass is 9.76. The topological polar surface area (TPSA) is 111 Å². The van der Waals surface area contributed by atoms with Crippen LogP contribution in [-0.4, -0.2) is 34.5 Å². The monoisotopic (exact) mass is 524 g/mol. The number of carboxylic acid groups (broad SMARTS) is 1. The molecule has 2 fully saturated rings. The van der Waals surface area contributed by atoms with E-state index in [4.69, 9.17) is 25.6 Å². The Kier molecular flexibility index (Phi) is 6.50. The number of halogens is 1. The van der Waals surface area contributed by atoms with Crippen LogP contribution < -0.4 is 5.32 Å². The zero-order valence-electron chi connectivity index (χ0n) is 20.9. The zero-order chi connectivity index (χ0) is 26.4. The van der Waals surface area contributed by atoms with Gasteiger partial charge in [0.2, 0.25) is 0 Å². The number of fused-ring (bicyclic) bond motifs is 1. The molecular weight excluding hydrogens is 496 g/mol. The van der Waals surface area contributed by atoms with Crippen LogP contribution in [-0.2, 0) is 19.7 Å². The number of anilines is 1. The number of benzene rings is 2. The molecule has 1 aromatic heterocycles. The number of aliphatic carboxylic acids is 1. The van der Waals surface area contributed by atoms with E-state index >= 15 is 0 Å². The molecule has 2 N–H and O–H groups in total. The first-order valence-electron chi connectivity index (χ1n) is 12.2. The second kappa shape index (κ2) is 9.50. The van der Waals surface area contributed by atoms with Gasteiger partial charge in [-0.15, -0.1) is 0 Å². The SMILES string of the molecule is Cc1noc(-c2ccc(C3(C)COC4(CC(=O)O)CC4C3)cc2)c1NC(=O)OC(C)c1cccc(Cl)c1. The summed E-state index contributed by atoms with van der Waals surface area (Å²) in [5.41, 5.74) is 2.93. The van der Waals surface area contributed by atoms with Crippen LogP contribution in [0.1, 0.15) is 56.0 Å². The number of rotatable bonds is 7. The molecular formula is C28H29ClN2O6. The molecule has 1 aliphatic heterocycles. The van der Waals surface area contributed by atoms with Crippen molar-refractivity contribution in [3.63, 3.8) is 0 Å². The van der Waals surface area contributed by atoms with E-state index < -0.39 is 23.8 Å². The average molecular weight is 525 g/mol. The first-order chi connectivity index (χ1) is 17.6. The molecule has 5 rings (SSSR count). The molecule has 4 unspecified atom stereocenters. The summed E-state index contributed by atoms with van der Waals surface area (Å²) in [7, 11) is 0. The normalized spacial score (nSPS) is 25.1. The highest BCUT2D eigenvalue weighted by Crippen LogP contribution is 2.59. The van der Waals surface area contributed by atoms with Gasteiger partial charge in [-0.2, -0.15) is 0 Å². The van der Waals surface area contributed by atoms with Crippen LogP contribution in [0.5, 0.6) is 0 Å². The second-order valence-electron chi connectivity index (χ2n) is 10.4. The van der Waals surface area contributed by atoms with Crippen molar-refractivity contribution < 1.29 is 28.7 Å². The van der Waals surface area contributed by atoms with Gasteiger partial charge in [0, 0.05) is 16.0 Å². The number of carbonyl (C=O) groups excluding carboxylic acids is 1. The number of aromatic nitrogens is 1. The first kappa shape index (κ1) is 25.3. The fourth-order valence-electron chi connectivity index (χ4n) is 5.28. The molecule has 9 heteroatoms. The van der Waals surface area contributed by atoms with Gasteiger partial charge in [0.05, 0.1) is 18.6 Å². The van der Waals surface area contributed by atoms with Crippen LogP contribution in [0.15, 0.2) is 53.1 Å². The minimum absolute atomic E-state index is 0.0631. The Morgan fingerprint density at radius 3 is 2.68 bits per heavy atom. The van der Waals surface area contributed by atoms with E-state index in [1.807, 2.05) is 30.3 Å². The molecule has 194 valence electrons. The molecule has 8 nitrogen and oxygen atoms in total. The Hall–Kier alpha value is -3.36. The first-order valence-corrected chi connectivity index (χ1v) is 12.6. The van der Waals surface area contributed by atoms with E-state index in [2.05, 4.69) is 17.4 Å². The van der Waals surface area contributed by atoms with Gasteiger partial charge in [0.25, 0.3) is 0 Å². The highest BCUT2D eigenvalue weighted by atomic mass is 35.5. The zero-order valence-corrected chi connectivity index (χ0v) is 21.7. The smallest absolute Gasteiger partial charge is 0.412 e. The molecule has 0 radical (unpaired) electrons. The maximum Gasteiger partial charge on any atom is 0.412 e. The summed E-state index contributed by atoms with van der Waals surface area (Å²) in [6, 6.07) is 15.1. The number of aryl methyl sites for hydroxylation is 1. The summed E-state index contributed by atoms with van der Waals surface area (Å²) in [4.78, 5) is 23.9. The number of nitrogens with zero attached hydrogens (tertiary/aromatic N) is 1. The van der Waals surface area contributed by atoms with E-state index in [0.717, 1.165) is 29.5 Å². The van der Waals surface area contributed by atoms with Crippen molar-refractivity contribution in [3.05, 3.63) is 70.4 Å². The van der Waals surface area contributed by atoms with Crippen LogP contribution in [0.3, 0.4) is 0 Å². The van der Waals surface area contributed by atoms with Crippen LogP contribution >= 0.6 is 11.6 Å². The standard InChI is InChI=1S/C28H29ClN2O6/c1-16-24(30-26(34)36-17(2)19-5-4-6-22(29)11-19)25(37-31-16)18-7-9-20(10-8-18)27(3)12-21-13-28(21,35-15-27)14-23(32)33/h4-11,17,21H,12-15H2,1-3H3,(H,30,34)(H,32,33). The van der Waals surface area contributed by atoms with E-state index in [1.165, 1.54) is 0 Å². The Labute approximate surface area is 219 Å². The van der Waals surface area contributed by atoms with Gasteiger partial charge in [-0.1, -0.05) is 60.1 Å². The highest BCUT2D eigenvalue weighted by molar-refractivity contribution is 6.30. The Morgan fingerprint density at radius 1 is 1.24 bits per heavy atom. The summed E-state index contributed by atoms with van der Waals surface area (Å²) in [6.07, 6.45) is 0.613. The minimum atomic E-state index is -0.815. The average Bonchev–Trinajstić information content (AvgIpc) is 3.42. The van der Waals surface area contributed by atoms with Gasteiger partial charge in [-0.3, -0.25) is 10.1 Å². The number of nitrogens with one attached hydrogen (secondary N) is 1. The Bertz CT molecular complexity index is 1340. The molecule has 0 spiro atoms. The third-order valence-corrected chi connectivity index (χ3v) is 7.77. The molecule has 3 aromatic rings. The van der Waals surface area contributed by atoms with Gasteiger partial charge in [0.1, 0.15) is 17.5 Å². The quantitative estimate of drug-likeness (QED) is 0.361. The number of ether oxygens (including phenoxy) is 2. The van der Waals surface area contributed by atoms with Crippen molar-refractivity contribution in [1.82, 2.24) is 5.16 Å². The molecule has 2 aliphatic rings. The highest BCUT2D eigenvalue weighted by Gasteiger charge is 2.62. The molecule has 1 amide bonds. The molecule has 1 saturated carbocycles. The predicted octanol–water partition coefficient (Wildman–Crippen LogP) is 6.52. The third kappa shape index (κ3) is 5.08. The number of hydrogen-bond acceptors (Lipinski definition) is 6. The lowest BCUT2D eigenvalue weighted by Gasteiger charge is -2.37. The maximum absolute atomic E-state index is 12.7. The van der Waals surface area contributed by atoms with E-state index in [9.17, 15) is 14.7 Å². The van der Waals surface area contributed by atoms with Crippen molar-refractivity contribution in [3.8, 4) is 11.3 Å². The fraction of sp³-hybridized carbons (Fsp3) is 0.393. The summed E-state index contributed by atoms with van der Waals surface area (Å²) in [5, 5.41) is 16.6. The van der Waals surface area contributed by atoms with Crippen LogP contribution in [0, 0.1) is 12.8 Å². The van der Waals surface area contributed by atoms with Gasteiger partial charge in [0.15, 0.2) is 5.76 Å². The fourth-order valence-corrected chi connectivity index (χ4v) is 5.48. The molecule has 2 aromatic carbocycles. The van der Waals surface area contributed by atoms with Crippen LogP contribution in [0.25, 0.3) is 11.3 Å². The third-order valence-electron chi connectivity index (χ3n) is 7.54. The number of hydrogen-bond donors (Lipinski definition) is 2. The van der Waals surface area contributed by atoms with Crippen molar-refractivity contribution in [2.45, 2.75) is 57.2 Å². The molecule has 0 bridgehead atoms. The van der Waals surface area contributed by atoms with Crippen molar-refractivity contribution in [2.75, 3.05) is 11.9 Å². The van der Waals surface area contributed by atoms with Gasteiger partial charge in [-0.25, -0.2) is 4.79 Å². The van der Waals surface area contributed by atoms with Gasteiger partial charge in [-0.05, 0) is 55.9 Å². The van der Waals surface area contributed by atoms with E-state index in [1.54, 1.807) is 32.0 Å². The Balaban J connectivity index is 1.27. The summed E-state index contributed by atoms with van der Waals surface area (Å²) in [5.74, 6) is -0.121. The van der Waals surface area contributed by atoms with Crippen LogP contribution in [0.2, 0.25) is 5.02 Å². The van der Waals surface area contributed by atoms with Crippen molar-refractivity contribution in [1.29, 1.82) is 0 Å². The minimum Gasteiger partial charge on any atom is -0.481 e. The number of carboxylic acids is 1. The van der Waals surface area contributed by atoms with Crippen molar-refractivity contribution >= 4 is 29.4 Å². The molecule has 1 aliphatic carbocycles. The molecule has 2 heterocycles. The van der Waals surface area contributed by atoms with Gasteiger partial charge >= 0.3 is 12.1 Å². The Morgan fingerprint density at radius 2 is 2.00 bits per heavy atom. The lowest BCUT2D eigenvalue weighted by Crippen LogP contribution is -2.39. The van der Waals surface area contributed by atoms with Crippen molar-refractivity contribution in [2.24, 2.45) is 5.92 Å². The maximum atomic E-state index is 12.7. The van der Waals surface area contributed by atoms with E-state index in [-0.39, 0.29) is 17.8 Å². The lowest BCUT2D eigenvalue weighted by molar-refractivity contribution is -0.143. The number of amides is 1. The summed E-state index contributed by atoms with van der Waals surface area (Å²) in [6.45, 7) is 6.14. The summed E-state index contributed by atoms with van der Waals surface area (Å²) < 4.78 is 17.2. The summed E-state index contributed by atoms with van der Waals surface area (Å²) >= 11 is 6.05. The van der Waals surface area contributed by atoms with E-state index in [0.29, 0.717) is 28.8 Å². The largest absolute Gasteiger partial charge is 0.481 e.